The van der Waals surface area contributed by atoms with E-state index in [9.17, 15) is 9.90 Å². The van der Waals surface area contributed by atoms with Gasteiger partial charge in [-0.25, -0.2) is 9.48 Å². The molecule has 2 aromatic rings. The lowest BCUT2D eigenvalue weighted by molar-refractivity contribution is 0.0687. The van der Waals surface area contributed by atoms with Gasteiger partial charge >= 0.3 is 5.97 Å². The highest BCUT2D eigenvalue weighted by molar-refractivity contribution is 5.86. The minimum Gasteiger partial charge on any atom is -0.493 e. The predicted octanol–water partition coefficient (Wildman–Crippen LogP) is 2.61. The van der Waals surface area contributed by atoms with Gasteiger partial charge in [0.25, 0.3) is 0 Å². The molecule has 1 N–H and O–H groups in total. The van der Waals surface area contributed by atoms with Crippen LogP contribution < -0.4 is 9.47 Å². The monoisotopic (exact) mass is 319 g/mol. The highest BCUT2D eigenvalue weighted by atomic mass is 16.5. The van der Waals surface area contributed by atoms with Crippen LogP contribution in [0.1, 0.15) is 36.5 Å². The molecule has 1 aromatic carbocycles. The van der Waals surface area contributed by atoms with Crippen LogP contribution in [0.4, 0.5) is 0 Å². The number of aromatic carboxylic acids is 1. The van der Waals surface area contributed by atoms with Crippen molar-refractivity contribution in [3.8, 4) is 11.5 Å². The Morgan fingerprint density at radius 2 is 2.00 bits per heavy atom. The van der Waals surface area contributed by atoms with Gasteiger partial charge in [-0.3, -0.25) is 0 Å². The first kappa shape index (κ1) is 16.8. The number of rotatable bonds is 8. The number of hydrogen-bond acceptors (Lipinski definition) is 5. The van der Waals surface area contributed by atoms with E-state index in [0.29, 0.717) is 29.7 Å². The Morgan fingerprint density at radius 3 is 2.61 bits per heavy atom. The minimum atomic E-state index is -1.11. The molecule has 0 bridgehead atoms. The molecule has 0 aliphatic rings. The first-order valence-corrected chi connectivity index (χ1v) is 7.44. The molecule has 0 saturated heterocycles. The fraction of sp³-hybridized carbons (Fsp3) is 0.438. The van der Waals surface area contributed by atoms with Crippen LogP contribution in [0.5, 0.6) is 11.5 Å². The molecule has 124 valence electrons. The second-order valence-electron chi connectivity index (χ2n) is 5.54. The third-order valence-corrected chi connectivity index (χ3v) is 3.39. The van der Waals surface area contributed by atoms with Crippen molar-refractivity contribution >= 4 is 5.97 Å². The van der Waals surface area contributed by atoms with E-state index in [1.54, 1.807) is 23.9 Å². The highest BCUT2D eigenvalue weighted by Crippen LogP contribution is 2.27. The number of benzene rings is 1. The fourth-order valence-electron chi connectivity index (χ4n) is 2.09. The van der Waals surface area contributed by atoms with Crippen LogP contribution in [-0.2, 0) is 13.2 Å². The van der Waals surface area contributed by atoms with Crippen molar-refractivity contribution in [2.75, 3.05) is 7.11 Å². The van der Waals surface area contributed by atoms with Gasteiger partial charge in [-0.05, 0) is 24.5 Å². The summed E-state index contributed by atoms with van der Waals surface area (Å²) in [5.41, 5.74) is 0.368. The Balaban J connectivity index is 2.19. The standard InChI is InChI=1S/C16H21N3O4/c1-11(2)8-9-19-12(15(16(20)21)17-18-19)10-23-14-7-5-4-6-13(14)22-3/h4-7,11H,8-10H2,1-3H3,(H,20,21). The molecule has 0 aliphatic carbocycles. The van der Waals surface area contributed by atoms with E-state index in [-0.39, 0.29) is 12.3 Å². The zero-order valence-corrected chi connectivity index (χ0v) is 13.5. The van der Waals surface area contributed by atoms with Crippen molar-refractivity contribution in [2.45, 2.75) is 33.4 Å². The summed E-state index contributed by atoms with van der Waals surface area (Å²) in [5, 5.41) is 16.9. The van der Waals surface area contributed by atoms with Gasteiger partial charge in [0.1, 0.15) is 12.3 Å². The molecule has 0 spiro atoms. The molecular weight excluding hydrogens is 298 g/mol. The van der Waals surface area contributed by atoms with E-state index in [4.69, 9.17) is 9.47 Å². The molecular formula is C16H21N3O4. The van der Waals surface area contributed by atoms with Gasteiger partial charge in [-0.15, -0.1) is 5.10 Å². The smallest absolute Gasteiger partial charge is 0.358 e. The fourth-order valence-corrected chi connectivity index (χ4v) is 2.09. The second kappa shape index (κ2) is 7.62. The van der Waals surface area contributed by atoms with Crippen molar-refractivity contribution in [1.82, 2.24) is 15.0 Å². The SMILES string of the molecule is COc1ccccc1OCc1c(C(=O)O)nnn1CCC(C)C. The van der Waals surface area contributed by atoms with E-state index in [1.807, 2.05) is 12.1 Å². The number of para-hydroxylation sites is 2. The summed E-state index contributed by atoms with van der Waals surface area (Å²) in [6.07, 6.45) is 0.879. The van der Waals surface area contributed by atoms with E-state index < -0.39 is 5.97 Å². The van der Waals surface area contributed by atoms with Crippen LogP contribution in [0.25, 0.3) is 0 Å². The molecule has 0 saturated carbocycles. The summed E-state index contributed by atoms with van der Waals surface area (Å²) in [7, 11) is 1.55. The normalized spacial score (nSPS) is 10.8. The minimum absolute atomic E-state index is 0.0626. The van der Waals surface area contributed by atoms with Crippen LogP contribution in [-0.4, -0.2) is 33.2 Å². The zero-order valence-electron chi connectivity index (χ0n) is 13.5. The molecule has 0 fully saturated rings. The molecule has 2 rings (SSSR count). The third kappa shape index (κ3) is 4.21. The molecule has 7 nitrogen and oxygen atoms in total. The average molecular weight is 319 g/mol. The van der Waals surface area contributed by atoms with E-state index in [0.717, 1.165) is 6.42 Å². The maximum Gasteiger partial charge on any atom is 0.358 e. The molecule has 1 aromatic heterocycles. The first-order chi connectivity index (χ1) is 11.0. The van der Waals surface area contributed by atoms with Gasteiger partial charge < -0.3 is 14.6 Å². The summed E-state index contributed by atoms with van der Waals surface area (Å²) >= 11 is 0. The van der Waals surface area contributed by atoms with Crippen LogP contribution in [0.15, 0.2) is 24.3 Å². The Morgan fingerprint density at radius 1 is 1.30 bits per heavy atom. The average Bonchev–Trinajstić information content (AvgIpc) is 2.94. The number of aryl methyl sites for hydroxylation is 1. The summed E-state index contributed by atoms with van der Waals surface area (Å²) in [5.74, 6) is 0.503. The number of carboxylic acid groups (broad SMARTS) is 1. The number of carboxylic acids is 1. The Kier molecular flexibility index (Phi) is 5.56. The van der Waals surface area contributed by atoms with E-state index in [1.165, 1.54) is 0 Å². The van der Waals surface area contributed by atoms with E-state index in [2.05, 4.69) is 24.2 Å². The summed E-state index contributed by atoms with van der Waals surface area (Å²) in [4.78, 5) is 11.3. The first-order valence-electron chi connectivity index (χ1n) is 7.44. The number of ether oxygens (including phenoxy) is 2. The molecule has 23 heavy (non-hydrogen) atoms. The van der Waals surface area contributed by atoms with Gasteiger partial charge in [-0.2, -0.15) is 0 Å². The maximum absolute atomic E-state index is 11.3. The molecule has 0 atom stereocenters. The van der Waals surface area contributed by atoms with Crippen molar-refractivity contribution in [3.05, 3.63) is 35.7 Å². The largest absolute Gasteiger partial charge is 0.493 e. The van der Waals surface area contributed by atoms with Crippen LogP contribution in [0.2, 0.25) is 0 Å². The lowest BCUT2D eigenvalue weighted by Crippen LogP contribution is -2.12. The van der Waals surface area contributed by atoms with Gasteiger partial charge in [0, 0.05) is 6.54 Å². The Bertz CT molecular complexity index is 667. The van der Waals surface area contributed by atoms with Crippen LogP contribution in [0.3, 0.4) is 0 Å². The van der Waals surface area contributed by atoms with Crippen LogP contribution in [0, 0.1) is 5.92 Å². The maximum atomic E-state index is 11.3. The predicted molar refractivity (Wildman–Crippen MR) is 83.8 cm³/mol. The number of methoxy groups -OCH3 is 1. The van der Waals surface area contributed by atoms with E-state index >= 15 is 0 Å². The van der Waals surface area contributed by atoms with Gasteiger partial charge in [0.15, 0.2) is 17.2 Å². The topological polar surface area (TPSA) is 86.5 Å². The number of hydrogen-bond donors (Lipinski definition) is 1. The third-order valence-electron chi connectivity index (χ3n) is 3.39. The van der Waals surface area contributed by atoms with Gasteiger partial charge in [0.05, 0.1) is 7.11 Å². The Hall–Kier alpha value is -2.57. The van der Waals surface area contributed by atoms with Crippen LogP contribution >= 0.6 is 0 Å². The summed E-state index contributed by atoms with van der Waals surface area (Å²) in [6.45, 7) is 4.86. The lowest BCUT2D eigenvalue weighted by atomic mass is 10.1. The lowest BCUT2D eigenvalue weighted by Gasteiger charge is -2.12. The number of aromatic nitrogens is 3. The molecule has 0 unspecified atom stereocenters. The molecule has 1 heterocycles. The van der Waals surface area contributed by atoms with Crippen molar-refractivity contribution in [2.24, 2.45) is 5.92 Å². The molecule has 0 radical (unpaired) electrons. The second-order valence-corrected chi connectivity index (χ2v) is 5.54. The highest BCUT2D eigenvalue weighted by Gasteiger charge is 2.20. The summed E-state index contributed by atoms with van der Waals surface area (Å²) < 4.78 is 12.5. The van der Waals surface area contributed by atoms with Crippen molar-refractivity contribution in [1.29, 1.82) is 0 Å². The van der Waals surface area contributed by atoms with Gasteiger partial charge in [0.2, 0.25) is 0 Å². The number of nitrogens with zero attached hydrogens (tertiary/aromatic N) is 3. The Labute approximate surface area is 134 Å². The molecule has 0 aliphatic heterocycles. The summed E-state index contributed by atoms with van der Waals surface area (Å²) in [6, 6.07) is 7.20. The van der Waals surface area contributed by atoms with Crippen molar-refractivity contribution < 1.29 is 19.4 Å². The zero-order chi connectivity index (χ0) is 16.8. The van der Waals surface area contributed by atoms with Crippen molar-refractivity contribution in [3.63, 3.8) is 0 Å². The molecule has 0 amide bonds. The quantitative estimate of drug-likeness (QED) is 0.805. The molecule has 7 heteroatoms. The van der Waals surface area contributed by atoms with Gasteiger partial charge in [-0.1, -0.05) is 31.2 Å². The number of carbonyl (C=O) groups is 1.